The largest absolute Gasteiger partial charge is 0.573 e. The lowest BCUT2D eigenvalue weighted by Crippen LogP contribution is -2.33. The Labute approximate surface area is 169 Å². The van der Waals surface area contributed by atoms with E-state index in [1.807, 2.05) is 0 Å². The van der Waals surface area contributed by atoms with Gasteiger partial charge in [-0.2, -0.15) is 4.98 Å². The highest BCUT2D eigenvalue weighted by Gasteiger charge is 2.32. The van der Waals surface area contributed by atoms with Gasteiger partial charge in [0.1, 0.15) is 11.3 Å². The molecule has 3 heterocycles. The van der Waals surface area contributed by atoms with E-state index in [0.717, 1.165) is 25.9 Å². The first kappa shape index (κ1) is 20.2. The van der Waals surface area contributed by atoms with E-state index in [-0.39, 0.29) is 17.9 Å². The van der Waals surface area contributed by atoms with Gasteiger partial charge in [0.05, 0.1) is 12.7 Å². The second kappa shape index (κ2) is 8.34. The number of H-pyrrole nitrogens is 1. The normalized spacial score (nSPS) is 17.2. The molecule has 0 spiro atoms. The van der Waals surface area contributed by atoms with Gasteiger partial charge in [-0.15, -0.1) is 13.2 Å². The molecule has 11 heteroatoms. The number of halogens is 3. The van der Waals surface area contributed by atoms with E-state index in [1.165, 1.54) is 29.0 Å². The van der Waals surface area contributed by atoms with Gasteiger partial charge < -0.3 is 20.4 Å². The minimum Gasteiger partial charge on any atom is -0.405 e. The number of nitrogens with zero attached hydrogens (tertiary/aromatic N) is 3. The van der Waals surface area contributed by atoms with Gasteiger partial charge in [-0.05, 0) is 37.9 Å². The molecular formula is C19H21F3N6O2. The van der Waals surface area contributed by atoms with Crippen molar-refractivity contribution in [3.8, 4) is 5.75 Å². The predicted octanol–water partition coefficient (Wildman–Crippen LogP) is 2.48. The second-order valence-corrected chi connectivity index (χ2v) is 7.20. The second-order valence-electron chi connectivity index (χ2n) is 7.20. The maximum Gasteiger partial charge on any atom is 0.573 e. The highest BCUT2D eigenvalue weighted by Crippen LogP contribution is 2.27. The van der Waals surface area contributed by atoms with Crippen LogP contribution in [0, 0.1) is 5.92 Å². The Bertz CT molecular complexity index is 1070. The van der Waals surface area contributed by atoms with E-state index in [4.69, 9.17) is 0 Å². The van der Waals surface area contributed by atoms with Gasteiger partial charge in [-0.25, -0.2) is 9.78 Å². The van der Waals surface area contributed by atoms with Crippen molar-refractivity contribution in [3.63, 3.8) is 0 Å². The molecule has 4 rings (SSSR count). The molecular weight excluding hydrogens is 401 g/mol. The van der Waals surface area contributed by atoms with Gasteiger partial charge in [-0.1, -0.05) is 18.2 Å². The molecule has 0 aliphatic carbocycles. The van der Waals surface area contributed by atoms with Crippen molar-refractivity contribution in [2.75, 3.05) is 25.0 Å². The van der Waals surface area contributed by atoms with E-state index < -0.39 is 12.1 Å². The van der Waals surface area contributed by atoms with Crippen molar-refractivity contribution in [1.29, 1.82) is 0 Å². The van der Waals surface area contributed by atoms with Gasteiger partial charge in [0.15, 0.2) is 5.65 Å². The van der Waals surface area contributed by atoms with E-state index in [0.29, 0.717) is 29.6 Å². The van der Waals surface area contributed by atoms with Crippen molar-refractivity contribution in [3.05, 3.63) is 46.5 Å². The van der Waals surface area contributed by atoms with Crippen molar-refractivity contribution in [2.24, 2.45) is 5.92 Å². The molecule has 1 aromatic carbocycles. The minimum absolute atomic E-state index is 0.131. The number of alkyl halides is 3. The third kappa shape index (κ3) is 4.73. The number of benzene rings is 1. The number of para-hydroxylation sites is 1. The average Bonchev–Trinajstić information content (AvgIpc) is 3.02. The van der Waals surface area contributed by atoms with Crippen LogP contribution < -0.4 is 21.1 Å². The molecule has 1 aliphatic heterocycles. The standard InChI is InChI=1S/C19H21F3N6O2/c20-19(21,22)30-15-6-2-1-5-13(15)11-28-16-14(26-18(28)29)10-25-17(27-16)24-9-12-4-3-7-23-8-12/h1-2,5-6,10,12,23H,3-4,7-9,11H2,(H,26,29)(H,24,25,27)/t12-/m1/s1. The number of aromatic amines is 1. The topological polar surface area (TPSA) is 96.9 Å². The molecule has 3 N–H and O–H groups in total. The number of piperidine rings is 1. The number of rotatable bonds is 6. The molecule has 3 aromatic rings. The summed E-state index contributed by atoms with van der Waals surface area (Å²) >= 11 is 0. The number of imidazole rings is 1. The molecule has 1 atom stereocenters. The number of hydrogen-bond acceptors (Lipinski definition) is 6. The van der Waals surface area contributed by atoms with Crippen LogP contribution in [0.3, 0.4) is 0 Å². The first-order chi connectivity index (χ1) is 14.4. The van der Waals surface area contributed by atoms with Crippen LogP contribution in [0.25, 0.3) is 11.2 Å². The summed E-state index contributed by atoms with van der Waals surface area (Å²) < 4.78 is 43.4. The van der Waals surface area contributed by atoms with Crippen LogP contribution in [-0.4, -0.2) is 45.5 Å². The van der Waals surface area contributed by atoms with E-state index in [9.17, 15) is 18.0 Å². The molecule has 1 fully saturated rings. The van der Waals surface area contributed by atoms with Crippen LogP contribution in [0.5, 0.6) is 5.75 Å². The van der Waals surface area contributed by atoms with Crippen LogP contribution in [0.1, 0.15) is 18.4 Å². The maximum absolute atomic E-state index is 12.7. The lowest BCUT2D eigenvalue weighted by atomic mass is 10.00. The molecule has 1 saturated heterocycles. The summed E-state index contributed by atoms with van der Waals surface area (Å²) in [5, 5.41) is 6.52. The Morgan fingerprint density at radius 2 is 2.13 bits per heavy atom. The third-order valence-corrected chi connectivity index (χ3v) is 4.99. The van der Waals surface area contributed by atoms with E-state index >= 15 is 0 Å². The lowest BCUT2D eigenvalue weighted by Gasteiger charge is -2.22. The molecule has 160 valence electrons. The molecule has 2 aromatic heterocycles. The van der Waals surface area contributed by atoms with Crippen molar-refractivity contribution >= 4 is 17.1 Å². The molecule has 0 bridgehead atoms. The monoisotopic (exact) mass is 422 g/mol. The summed E-state index contributed by atoms with van der Waals surface area (Å²) in [7, 11) is 0. The zero-order valence-corrected chi connectivity index (χ0v) is 16.0. The molecule has 8 nitrogen and oxygen atoms in total. The number of ether oxygens (including phenoxy) is 1. The Kier molecular flexibility index (Phi) is 5.62. The zero-order chi connectivity index (χ0) is 21.1. The number of aromatic nitrogens is 4. The summed E-state index contributed by atoms with van der Waals surface area (Å²) in [6, 6.07) is 5.71. The third-order valence-electron chi connectivity index (χ3n) is 4.99. The van der Waals surface area contributed by atoms with E-state index in [2.05, 4.69) is 30.3 Å². The summed E-state index contributed by atoms with van der Waals surface area (Å²) in [5.74, 6) is 0.460. The van der Waals surface area contributed by atoms with Crippen LogP contribution in [-0.2, 0) is 6.54 Å². The number of hydrogen-bond donors (Lipinski definition) is 3. The average molecular weight is 422 g/mol. The van der Waals surface area contributed by atoms with Crippen LogP contribution in [0.15, 0.2) is 35.3 Å². The van der Waals surface area contributed by atoms with Crippen molar-refractivity contribution in [2.45, 2.75) is 25.7 Å². The van der Waals surface area contributed by atoms with Crippen molar-refractivity contribution < 1.29 is 17.9 Å². The maximum atomic E-state index is 12.7. The SMILES string of the molecule is O=c1[nH]c2cnc(NC[C@@H]3CCCNC3)nc2n1Cc1ccccc1OC(F)(F)F. The molecule has 0 radical (unpaired) electrons. The van der Waals surface area contributed by atoms with Gasteiger partial charge in [0.2, 0.25) is 5.95 Å². The first-order valence-electron chi connectivity index (χ1n) is 9.63. The van der Waals surface area contributed by atoms with Crippen LogP contribution in [0.4, 0.5) is 19.1 Å². The van der Waals surface area contributed by atoms with Gasteiger partial charge in [0.25, 0.3) is 0 Å². The van der Waals surface area contributed by atoms with Crippen LogP contribution in [0.2, 0.25) is 0 Å². The predicted molar refractivity (Wildman–Crippen MR) is 104 cm³/mol. The summed E-state index contributed by atoms with van der Waals surface area (Å²) in [6.07, 6.45) is -1.12. The number of nitrogens with one attached hydrogen (secondary N) is 3. The fourth-order valence-corrected chi connectivity index (χ4v) is 3.54. The Morgan fingerprint density at radius 1 is 1.30 bits per heavy atom. The van der Waals surface area contributed by atoms with Gasteiger partial charge in [-0.3, -0.25) is 4.57 Å². The number of anilines is 1. The smallest absolute Gasteiger partial charge is 0.405 e. The summed E-state index contributed by atoms with van der Waals surface area (Å²) in [5.41, 5.74) is 0.425. The molecule has 1 aliphatic rings. The first-order valence-corrected chi connectivity index (χ1v) is 9.63. The number of fused-ring (bicyclic) bond motifs is 1. The fraction of sp³-hybridized carbons (Fsp3) is 0.421. The lowest BCUT2D eigenvalue weighted by molar-refractivity contribution is -0.274. The van der Waals surface area contributed by atoms with Crippen LogP contribution >= 0.6 is 0 Å². The Hall–Kier alpha value is -3.08. The zero-order valence-electron chi connectivity index (χ0n) is 16.0. The van der Waals surface area contributed by atoms with Crippen molar-refractivity contribution in [1.82, 2.24) is 24.8 Å². The minimum atomic E-state index is -4.82. The molecule has 30 heavy (non-hydrogen) atoms. The van der Waals surface area contributed by atoms with Gasteiger partial charge >= 0.3 is 12.1 Å². The quantitative estimate of drug-likeness (QED) is 0.565. The Balaban J connectivity index is 1.58. The Morgan fingerprint density at radius 3 is 2.90 bits per heavy atom. The summed E-state index contributed by atoms with van der Waals surface area (Å²) in [4.78, 5) is 23.7. The molecule has 0 saturated carbocycles. The highest BCUT2D eigenvalue weighted by atomic mass is 19.4. The molecule has 0 unspecified atom stereocenters. The van der Waals surface area contributed by atoms with E-state index in [1.54, 1.807) is 6.07 Å². The summed E-state index contributed by atoms with van der Waals surface area (Å²) in [6.45, 7) is 2.50. The van der Waals surface area contributed by atoms with Gasteiger partial charge in [0, 0.05) is 12.1 Å². The highest BCUT2D eigenvalue weighted by molar-refractivity contribution is 5.71. The molecule has 0 amide bonds. The fourth-order valence-electron chi connectivity index (χ4n) is 3.54.